The Balaban J connectivity index is 2.69. The molecule has 0 aliphatic carbocycles. The molecule has 0 saturated carbocycles. The minimum absolute atomic E-state index is 0.130. The number of carbonyl (C=O) groups excluding carboxylic acids is 3. The van der Waals surface area contributed by atoms with Crippen molar-refractivity contribution < 1.29 is 19.5 Å². The Morgan fingerprint density at radius 1 is 1.27 bits per heavy atom. The number of nitrogens with one attached hydrogen (secondary N) is 2. The van der Waals surface area contributed by atoms with Crippen LogP contribution in [0, 0.1) is 0 Å². The van der Waals surface area contributed by atoms with E-state index in [0.29, 0.717) is 18.6 Å². The highest BCUT2D eigenvalue weighted by atomic mass is 32.2. The predicted molar refractivity (Wildman–Crippen MR) is 83.1 cm³/mol. The Morgan fingerprint density at radius 3 is 2.50 bits per heavy atom. The summed E-state index contributed by atoms with van der Waals surface area (Å²) in [6.45, 7) is 0. The first-order valence-corrected chi connectivity index (χ1v) is 8.21. The van der Waals surface area contributed by atoms with Crippen LogP contribution in [-0.4, -0.2) is 42.4 Å². The molecule has 22 heavy (non-hydrogen) atoms. The van der Waals surface area contributed by atoms with Crippen molar-refractivity contribution in [1.29, 1.82) is 0 Å². The van der Waals surface area contributed by atoms with Gasteiger partial charge in [0, 0.05) is 0 Å². The highest BCUT2D eigenvalue weighted by Crippen LogP contribution is 2.05. The summed E-state index contributed by atoms with van der Waals surface area (Å²) in [5, 5.41) is 16.0. The van der Waals surface area contributed by atoms with Crippen LogP contribution in [0.1, 0.15) is 12.0 Å². The SMILES string of the molecule is CSCC[C@H](NC=O)C(=O)N[C@@H](Cc1ccccc1)C(=O)[O-]. The van der Waals surface area contributed by atoms with Gasteiger partial charge in [0.25, 0.3) is 0 Å². The maximum Gasteiger partial charge on any atom is 0.243 e. The fourth-order valence-electron chi connectivity index (χ4n) is 1.92. The van der Waals surface area contributed by atoms with Gasteiger partial charge in [0.05, 0.1) is 12.0 Å². The fraction of sp³-hybridized carbons (Fsp3) is 0.400. The zero-order chi connectivity index (χ0) is 16.4. The summed E-state index contributed by atoms with van der Waals surface area (Å²) in [7, 11) is 0. The molecule has 0 fully saturated rings. The number of benzene rings is 1. The van der Waals surface area contributed by atoms with E-state index in [0.717, 1.165) is 5.56 Å². The summed E-state index contributed by atoms with van der Waals surface area (Å²) in [4.78, 5) is 33.9. The Hall–Kier alpha value is -2.02. The first-order valence-electron chi connectivity index (χ1n) is 6.82. The molecule has 0 bridgehead atoms. The lowest BCUT2D eigenvalue weighted by Gasteiger charge is -2.23. The van der Waals surface area contributed by atoms with Crippen LogP contribution in [0.5, 0.6) is 0 Å². The van der Waals surface area contributed by atoms with Gasteiger partial charge >= 0.3 is 0 Å². The zero-order valence-electron chi connectivity index (χ0n) is 12.3. The van der Waals surface area contributed by atoms with Gasteiger partial charge in [0.15, 0.2) is 0 Å². The van der Waals surface area contributed by atoms with Gasteiger partial charge in [-0.15, -0.1) is 0 Å². The fourth-order valence-corrected chi connectivity index (χ4v) is 2.39. The standard InChI is InChI=1S/C15H20N2O4S/c1-22-8-7-12(16-10-18)14(19)17-13(15(20)21)9-11-5-3-2-4-6-11/h2-6,10,12-13H,7-9H2,1H3,(H,16,18)(H,17,19)(H,20,21)/p-1/t12-,13-/m0/s1. The molecule has 1 aromatic carbocycles. The first-order chi connectivity index (χ1) is 10.6. The minimum Gasteiger partial charge on any atom is -0.548 e. The molecule has 1 aromatic rings. The van der Waals surface area contributed by atoms with Gasteiger partial charge in [-0.2, -0.15) is 11.8 Å². The predicted octanol–water partition coefficient (Wildman–Crippen LogP) is -0.668. The molecule has 0 aromatic heterocycles. The molecule has 0 heterocycles. The lowest BCUT2D eigenvalue weighted by atomic mass is 10.1. The second-order valence-electron chi connectivity index (χ2n) is 4.69. The van der Waals surface area contributed by atoms with Crippen LogP contribution in [-0.2, 0) is 20.8 Å². The molecule has 7 heteroatoms. The molecule has 120 valence electrons. The Labute approximate surface area is 133 Å². The van der Waals surface area contributed by atoms with E-state index in [2.05, 4.69) is 10.6 Å². The Morgan fingerprint density at radius 2 is 1.95 bits per heavy atom. The second kappa shape index (κ2) is 9.83. The average Bonchev–Trinajstić information content (AvgIpc) is 2.51. The van der Waals surface area contributed by atoms with E-state index < -0.39 is 24.0 Å². The van der Waals surface area contributed by atoms with Gasteiger partial charge in [-0.1, -0.05) is 30.3 Å². The number of carbonyl (C=O) groups is 3. The summed E-state index contributed by atoms with van der Waals surface area (Å²) < 4.78 is 0. The highest BCUT2D eigenvalue weighted by molar-refractivity contribution is 7.98. The number of aliphatic carboxylic acids is 1. The normalized spacial score (nSPS) is 13.0. The lowest BCUT2D eigenvalue weighted by molar-refractivity contribution is -0.308. The molecule has 0 spiro atoms. The number of hydrogen-bond acceptors (Lipinski definition) is 5. The zero-order valence-corrected chi connectivity index (χ0v) is 13.1. The molecule has 0 aliphatic rings. The maximum atomic E-state index is 12.1. The number of carboxylic acid groups (broad SMARTS) is 1. The number of amides is 2. The van der Waals surface area contributed by atoms with Crippen molar-refractivity contribution in [3.8, 4) is 0 Å². The maximum absolute atomic E-state index is 12.1. The topological polar surface area (TPSA) is 98.3 Å². The summed E-state index contributed by atoms with van der Waals surface area (Å²) >= 11 is 1.54. The van der Waals surface area contributed by atoms with E-state index in [-0.39, 0.29) is 6.42 Å². The van der Waals surface area contributed by atoms with Crippen LogP contribution in [0.15, 0.2) is 30.3 Å². The third kappa shape index (κ3) is 6.17. The van der Waals surface area contributed by atoms with Crippen LogP contribution in [0.2, 0.25) is 0 Å². The van der Waals surface area contributed by atoms with Gasteiger partial charge in [-0.3, -0.25) is 9.59 Å². The third-order valence-corrected chi connectivity index (χ3v) is 3.72. The van der Waals surface area contributed by atoms with Crippen molar-refractivity contribution in [2.24, 2.45) is 0 Å². The first kappa shape index (κ1) is 18.0. The van der Waals surface area contributed by atoms with Crippen LogP contribution in [0.4, 0.5) is 0 Å². The van der Waals surface area contributed by atoms with E-state index >= 15 is 0 Å². The molecule has 0 radical (unpaired) electrons. The van der Waals surface area contributed by atoms with Crippen LogP contribution >= 0.6 is 11.8 Å². The van der Waals surface area contributed by atoms with Crippen molar-refractivity contribution in [1.82, 2.24) is 10.6 Å². The van der Waals surface area contributed by atoms with Crippen molar-refractivity contribution in [2.75, 3.05) is 12.0 Å². The van der Waals surface area contributed by atoms with Crippen LogP contribution < -0.4 is 15.7 Å². The number of rotatable bonds is 10. The van der Waals surface area contributed by atoms with Crippen molar-refractivity contribution in [3.63, 3.8) is 0 Å². The van der Waals surface area contributed by atoms with E-state index in [1.54, 1.807) is 24.3 Å². The minimum atomic E-state index is -1.35. The molecule has 0 unspecified atom stereocenters. The molecule has 2 amide bonds. The summed E-state index contributed by atoms with van der Waals surface area (Å²) in [6, 6.07) is 7.07. The molecular weight excluding hydrogens is 304 g/mol. The van der Waals surface area contributed by atoms with Crippen LogP contribution in [0.3, 0.4) is 0 Å². The lowest BCUT2D eigenvalue weighted by Crippen LogP contribution is -2.54. The van der Waals surface area contributed by atoms with Crippen molar-refractivity contribution in [2.45, 2.75) is 24.9 Å². The largest absolute Gasteiger partial charge is 0.548 e. The molecule has 0 saturated heterocycles. The molecule has 2 atom stereocenters. The highest BCUT2D eigenvalue weighted by Gasteiger charge is 2.21. The van der Waals surface area contributed by atoms with E-state index in [4.69, 9.17) is 0 Å². The third-order valence-electron chi connectivity index (χ3n) is 3.08. The van der Waals surface area contributed by atoms with E-state index in [1.807, 2.05) is 12.3 Å². The van der Waals surface area contributed by atoms with Crippen molar-refractivity contribution >= 4 is 30.0 Å². The van der Waals surface area contributed by atoms with Gasteiger partial charge in [-0.25, -0.2) is 0 Å². The van der Waals surface area contributed by atoms with Gasteiger partial charge < -0.3 is 20.5 Å². The summed E-state index contributed by atoms with van der Waals surface area (Å²) in [5.41, 5.74) is 0.779. The van der Waals surface area contributed by atoms with Crippen LogP contribution in [0.25, 0.3) is 0 Å². The van der Waals surface area contributed by atoms with Gasteiger partial charge in [0.2, 0.25) is 12.3 Å². The van der Waals surface area contributed by atoms with E-state index in [1.165, 1.54) is 11.8 Å². The Kier molecular flexibility index (Phi) is 8.06. The summed E-state index contributed by atoms with van der Waals surface area (Å²) in [6.07, 6.45) is 2.88. The average molecular weight is 323 g/mol. The second-order valence-corrected chi connectivity index (χ2v) is 5.67. The number of carboxylic acids is 1. The molecule has 2 N–H and O–H groups in total. The molecule has 0 aliphatic heterocycles. The number of thioether (sulfide) groups is 1. The number of hydrogen-bond donors (Lipinski definition) is 2. The smallest absolute Gasteiger partial charge is 0.243 e. The molecular formula is C15H19N2O4S-. The quantitative estimate of drug-likeness (QED) is 0.557. The van der Waals surface area contributed by atoms with Crippen molar-refractivity contribution in [3.05, 3.63) is 35.9 Å². The molecule has 1 rings (SSSR count). The molecule has 6 nitrogen and oxygen atoms in total. The van der Waals surface area contributed by atoms with E-state index in [9.17, 15) is 19.5 Å². The summed E-state index contributed by atoms with van der Waals surface area (Å²) in [5.74, 6) is -1.20. The van der Waals surface area contributed by atoms with Gasteiger partial charge in [0.1, 0.15) is 6.04 Å². The monoisotopic (exact) mass is 323 g/mol. The Bertz CT molecular complexity index is 496. The van der Waals surface area contributed by atoms with Gasteiger partial charge in [-0.05, 0) is 30.4 Å².